The zero-order valence-electron chi connectivity index (χ0n) is 11.0. The minimum atomic E-state index is -0.397. The van der Waals surface area contributed by atoms with E-state index in [2.05, 4.69) is 50.8 Å². The number of nitrogens with zero attached hydrogens (tertiary/aromatic N) is 1. The van der Waals surface area contributed by atoms with E-state index in [9.17, 15) is 5.11 Å². The third-order valence-corrected chi connectivity index (χ3v) is 2.97. The van der Waals surface area contributed by atoms with Gasteiger partial charge in [0.15, 0.2) is 0 Å². The van der Waals surface area contributed by atoms with Gasteiger partial charge in [-0.3, -0.25) is 0 Å². The van der Waals surface area contributed by atoms with E-state index in [1.54, 1.807) is 0 Å². The first kappa shape index (κ1) is 13.2. The number of aryl methyl sites for hydroxylation is 2. The Morgan fingerprint density at radius 1 is 1.12 bits per heavy atom. The Balaban J connectivity index is 2.76. The average molecular weight is 221 g/mol. The van der Waals surface area contributed by atoms with Gasteiger partial charge in [-0.05, 0) is 40.3 Å². The van der Waals surface area contributed by atoms with Crippen LogP contribution in [0.3, 0.4) is 0 Å². The molecular formula is C14H23NO. The van der Waals surface area contributed by atoms with E-state index in [4.69, 9.17) is 0 Å². The van der Waals surface area contributed by atoms with Crippen molar-refractivity contribution in [3.8, 4) is 0 Å². The van der Waals surface area contributed by atoms with Crippen molar-refractivity contribution in [3.05, 3.63) is 34.9 Å². The molecule has 1 aromatic carbocycles. The number of benzene rings is 1. The van der Waals surface area contributed by atoms with Crippen molar-refractivity contribution in [1.82, 2.24) is 4.90 Å². The number of aliphatic hydroxyl groups is 1. The van der Waals surface area contributed by atoms with Gasteiger partial charge in [-0.15, -0.1) is 0 Å². The Bertz CT molecular complexity index is 326. The molecule has 0 spiro atoms. The molecule has 1 rings (SSSR count). The summed E-state index contributed by atoms with van der Waals surface area (Å²) in [7, 11) is 2.04. The van der Waals surface area contributed by atoms with E-state index < -0.39 is 6.10 Å². The molecule has 90 valence electrons. The Morgan fingerprint density at radius 2 is 1.62 bits per heavy atom. The Kier molecular flexibility index (Phi) is 4.51. The molecule has 1 aromatic rings. The van der Waals surface area contributed by atoms with Crippen molar-refractivity contribution in [1.29, 1.82) is 0 Å². The summed E-state index contributed by atoms with van der Waals surface area (Å²) in [5.74, 6) is 0. The van der Waals surface area contributed by atoms with Crippen LogP contribution in [0.1, 0.15) is 36.6 Å². The molecule has 1 unspecified atom stereocenters. The van der Waals surface area contributed by atoms with Crippen LogP contribution >= 0.6 is 0 Å². The van der Waals surface area contributed by atoms with Crippen LogP contribution in [-0.2, 0) is 0 Å². The van der Waals surface area contributed by atoms with Crippen molar-refractivity contribution in [2.24, 2.45) is 0 Å². The van der Waals surface area contributed by atoms with Crippen LogP contribution in [0.2, 0.25) is 0 Å². The summed E-state index contributed by atoms with van der Waals surface area (Å²) in [5.41, 5.74) is 3.44. The summed E-state index contributed by atoms with van der Waals surface area (Å²) >= 11 is 0. The van der Waals surface area contributed by atoms with Crippen molar-refractivity contribution in [2.75, 3.05) is 13.6 Å². The second-order valence-electron chi connectivity index (χ2n) is 4.97. The van der Waals surface area contributed by atoms with Crippen molar-refractivity contribution < 1.29 is 5.11 Å². The smallest absolute Gasteiger partial charge is 0.0917 e. The van der Waals surface area contributed by atoms with E-state index in [1.807, 2.05) is 7.05 Å². The topological polar surface area (TPSA) is 23.5 Å². The highest BCUT2D eigenvalue weighted by molar-refractivity contribution is 5.30. The fourth-order valence-electron chi connectivity index (χ4n) is 1.79. The Morgan fingerprint density at radius 3 is 2.06 bits per heavy atom. The lowest BCUT2D eigenvalue weighted by Crippen LogP contribution is -2.30. The quantitative estimate of drug-likeness (QED) is 0.845. The van der Waals surface area contributed by atoms with Crippen LogP contribution in [0.4, 0.5) is 0 Å². The number of hydrogen-bond donors (Lipinski definition) is 1. The lowest BCUT2D eigenvalue weighted by atomic mass is 10.0. The van der Waals surface area contributed by atoms with Crippen molar-refractivity contribution >= 4 is 0 Å². The third-order valence-electron chi connectivity index (χ3n) is 2.97. The van der Waals surface area contributed by atoms with Gasteiger partial charge < -0.3 is 10.0 Å². The standard InChI is InChI=1S/C14H23NO/c1-10(2)15(5)9-14(16)13-7-11(3)6-12(4)8-13/h6-8,10,14,16H,9H2,1-5H3. The molecule has 0 aliphatic rings. The molecule has 0 saturated carbocycles. The minimum absolute atomic E-state index is 0.397. The molecule has 0 aromatic heterocycles. The van der Waals surface area contributed by atoms with Gasteiger partial charge in [0.1, 0.15) is 0 Å². The summed E-state index contributed by atoms with van der Waals surface area (Å²) < 4.78 is 0. The van der Waals surface area contributed by atoms with Crippen LogP contribution < -0.4 is 0 Å². The maximum Gasteiger partial charge on any atom is 0.0917 e. The molecule has 0 bridgehead atoms. The monoisotopic (exact) mass is 221 g/mol. The highest BCUT2D eigenvalue weighted by Gasteiger charge is 2.13. The molecule has 2 nitrogen and oxygen atoms in total. The molecule has 2 heteroatoms. The predicted molar refractivity (Wildman–Crippen MR) is 68.6 cm³/mol. The molecule has 0 amide bonds. The average Bonchev–Trinajstić information content (AvgIpc) is 2.15. The highest BCUT2D eigenvalue weighted by Crippen LogP contribution is 2.18. The molecule has 16 heavy (non-hydrogen) atoms. The molecule has 0 aliphatic heterocycles. The fraction of sp³-hybridized carbons (Fsp3) is 0.571. The maximum atomic E-state index is 10.1. The van der Waals surface area contributed by atoms with E-state index in [0.29, 0.717) is 12.6 Å². The van der Waals surface area contributed by atoms with Crippen LogP contribution in [-0.4, -0.2) is 29.6 Å². The predicted octanol–water partition coefficient (Wildman–Crippen LogP) is 2.68. The number of aliphatic hydroxyl groups excluding tert-OH is 1. The first-order chi connectivity index (χ1) is 7.40. The van der Waals surface area contributed by atoms with Crippen LogP contribution in [0, 0.1) is 13.8 Å². The minimum Gasteiger partial charge on any atom is -0.387 e. The van der Waals surface area contributed by atoms with Gasteiger partial charge in [-0.2, -0.15) is 0 Å². The largest absolute Gasteiger partial charge is 0.387 e. The van der Waals surface area contributed by atoms with Crippen molar-refractivity contribution in [2.45, 2.75) is 39.8 Å². The van der Waals surface area contributed by atoms with Gasteiger partial charge in [-0.25, -0.2) is 0 Å². The molecule has 0 heterocycles. The van der Waals surface area contributed by atoms with Gasteiger partial charge in [0, 0.05) is 12.6 Å². The van der Waals surface area contributed by atoms with Crippen LogP contribution in [0.25, 0.3) is 0 Å². The lowest BCUT2D eigenvalue weighted by Gasteiger charge is -2.24. The number of likely N-dealkylation sites (N-methyl/N-ethyl adjacent to an activating group) is 1. The Hall–Kier alpha value is -0.860. The summed E-state index contributed by atoms with van der Waals surface area (Å²) in [6.07, 6.45) is -0.397. The molecule has 1 atom stereocenters. The van der Waals surface area contributed by atoms with E-state index in [-0.39, 0.29) is 0 Å². The zero-order valence-corrected chi connectivity index (χ0v) is 11.0. The molecular weight excluding hydrogens is 198 g/mol. The zero-order chi connectivity index (χ0) is 12.3. The molecule has 0 radical (unpaired) electrons. The third kappa shape index (κ3) is 3.62. The SMILES string of the molecule is Cc1cc(C)cc(C(O)CN(C)C(C)C)c1. The normalized spacial score (nSPS) is 13.5. The maximum absolute atomic E-state index is 10.1. The summed E-state index contributed by atoms with van der Waals surface area (Å²) in [6.45, 7) is 9.08. The summed E-state index contributed by atoms with van der Waals surface area (Å²) in [5, 5.41) is 10.1. The second-order valence-corrected chi connectivity index (χ2v) is 4.97. The van der Waals surface area contributed by atoms with Gasteiger partial charge in [0.2, 0.25) is 0 Å². The first-order valence-corrected chi connectivity index (χ1v) is 5.86. The number of rotatable bonds is 4. The fourth-order valence-corrected chi connectivity index (χ4v) is 1.79. The first-order valence-electron chi connectivity index (χ1n) is 5.86. The van der Waals surface area contributed by atoms with E-state index >= 15 is 0 Å². The van der Waals surface area contributed by atoms with Gasteiger partial charge in [0.25, 0.3) is 0 Å². The number of hydrogen-bond acceptors (Lipinski definition) is 2. The van der Waals surface area contributed by atoms with Gasteiger partial charge >= 0.3 is 0 Å². The lowest BCUT2D eigenvalue weighted by molar-refractivity contribution is 0.112. The highest BCUT2D eigenvalue weighted by atomic mass is 16.3. The molecule has 0 aliphatic carbocycles. The van der Waals surface area contributed by atoms with Crippen molar-refractivity contribution in [3.63, 3.8) is 0 Å². The summed E-state index contributed by atoms with van der Waals surface area (Å²) in [6, 6.07) is 6.71. The van der Waals surface area contributed by atoms with Crippen LogP contribution in [0.15, 0.2) is 18.2 Å². The second kappa shape index (κ2) is 5.46. The van der Waals surface area contributed by atoms with Gasteiger partial charge in [0.05, 0.1) is 6.10 Å². The van der Waals surface area contributed by atoms with E-state index in [1.165, 1.54) is 11.1 Å². The molecule has 1 N–H and O–H groups in total. The molecule has 0 fully saturated rings. The Labute approximate surface area is 98.9 Å². The summed E-state index contributed by atoms with van der Waals surface area (Å²) in [4.78, 5) is 2.16. The van der Waals surface area contributed by atoms with E-state index in [0.717, 1.165) is 5.56 Å². The van der Waals surface area contributed by atoms with Crippen LogP contribution in [0.5, 0.6) is 0 Å². The van der Waals surface area contributed by atoms with Gasteiger partial charge in [-0.1, -0.05) is 29.3 Å². The molecule has 0 saturated heterocycles.